The van der Waals surface area contributed by atoms with Crippen LogP contribution in [0.2, 0.25) is 0 Å². The van der Waals surface area contributed by atoms with Crippen LogP contribution in [0, 0.1) is 5.92 Å². The van der Waals surface area contributed by atoms with Gasteiger partial charge in [-0.25, -0.2) is 0 Å². The quantitative estimate of drug-likeness (QED) is 0.778. The maximum atomic E-state index is 12.5. The third-order valence-corrected chi connectivity index (χ3v) is 5.28. The summed E-state index contributed by atoms with van der Waals surface area (Å²) in [7, 11) is 0. The van der Waals surface area contributed by atoms with Gasteiger partial charge in [-0.1, -0.05) is 6.07 Å². The Morgan fingerprint density at radius 2 is 2.00 bits per heavy atom. The molecule has 2 fully saturated rings. The highest BCUT2D eigenvalue weighted by Crippen LogP contribution is 2.34. The Morgan fingerprint density at radius 3 is 2.83 bits per heavy atom. The molecule has 3 aliphatic heterocycles. The van der Waals surface area contributed by atoms with Crippen molar-refractivity contribution >= 4 is 5.91 Å². The lowest BCUT2D eigenvalue weighted by Gasteiger charge is -2.43. The number of hydrogen-bond acceptors (Lipinski definition) is 4. The van der Waals surface area contributed by atoms with Crippen LogP contribution in [-0.4, -0.2) is 66.2 Å². The predicted molar refractivity (Wildman–Crippen MR) is 85.4 cm³/mol. The van der Waals surface area contributed by atoms with Gasteiger partial charge in [0.2, 0.25) is 5.91 Å². The Bertz CT molecular complexity index is 651. The highest BCUT2D eigenvalue weighted by atomic mass is 16.5. The van der Waals surface area contributed by atoms with Gasteiger partial charge in [0, 0.05) is 50.4 Å². The first-order valence-corrected chi connectivity index (χ1v) is 8.48. The summed E-state index contributed by atoms with van der Waals surface area (Å²) in [5.74, 6) is 1.05. The molecule has 124 valence electrons. The molecular formula is C17H23N3O3. The van der Waals surface area contributed by atoms with E-state index in [-0.39, 0.29) is 11.5 Å². The smallest absolute Gasteiger partial charge is 0.250 e. The molecule has 3 aliphatic rings. The van der Waals surface area contributed by atoms with E-state index in [1.165, 1.54) is 0 Å². The van der Waals surface area contributed by atoms with Crippen molar-refractivity contribution < 1.29 is 9.53 Å². The van der Waals surface area contributed by atoms with E-state index >= 15 is 0 Å². The molecule has 0 aromatic carbocycles. The molecule has 0 spiro atoms. The van der Waals surface area contributed by atoms with E-state index in [4.69, 9.17) is 4.74 Å². The highest BCUT2D eigenvalue weighted by molar-refractivity contribution is 5.78. The number of pyridine rings is 1. The third-order valence-electron chi connectivity index (χ3n) is 5.28. The zero-order valence-corrected chi connectivity index (χ0v) is 13.3. The number of rotatable bonds is 2. The van der Waals surface area contributed by atoms with E-state index < -0.39 is 0 Å². The number of piperidine rings is 1. The second-order valence-corrected chi connectivity index (χ2v) is 6.89. The molecule has 0 N–H and O–H groups in total. The first kappa shape index (κ1) is 14.9. The van der Waals surface area contributed by atoms with Crippen LogP contribution in [0.5, 0.6) is 0 Å². The van der Waals surface area contributed by atoms with E-state index in [1.807, 2.05) is 15.5 Å². The predicted octanol–water partition coefficient (Wildman–Crippen LogP) is 0.126. The molecular weight excluding hydrogens is 294 g/mol. The molecule has 0 aliphatic carbocycles. The molecule has 2 unspecified atom stereocenters. The molecule has 4 rings (SSSR count). The largest absolute Gasteiger partial charge is 0.378 e. The van der Waals surface area contributed by atoms with Gasteiger partial charge in [0.25, 0.3) is 5.56 Å². The topological polar surface area (TPSA) is 54.8 Å². The van der Waals surface area contributed by atoms with Gasteiger partial charge in [0.05, 0.1) is 19.8 Å². The van der Waals surface area contributed by atoms with Crippen LogP contribution < -0.4 is 5.56 Å². The fourth-order valence-corrected chi connectivity index (χ4v) is 4.23. The maximum absolute atomic E-state index is 12.5. The molecule has 2 saturated heterocycles. The van der Waals surface area contributed by atoms with Gasteiger partial charge >= 0.3 is 0 Å². The van der Waals surface area contributed by atoms with E-state index in [0.29, 0.717) is 44.7 Å². The molecule has 1 amide bonds. The first-order chi connectivity index (χ1) is 11.2. The summed E-state index contributed by atoms with van der Waals surface area (Å²) in [6, 6.07) is 5.56. The number of aromatic nitrogens is 1. The third kappa shape index (κ3) is 2.93. The van der Waals surface area contributed by atoms with Crippen LogP contribution in [-0.2, 0) is 16.1 Å². The van der Waals surface area contributed by atoms with E-state index in [2.05, 4.69) is 11.0 Å². The van der Waals surface area contributed by atoms with E-state index in [1.54, 1.807) is 6.07 Å². The second kappa shape index (κ2) is 6.09. The summed E-state index contributed by atoms with van der Waals surface area (Å²) in [4.78, 5) is 28.7. The Labute approximate surface area is 135 Å². The van der Waals surface area contributed by atoms with Crippen molar-refractivity contribution in [1.82, 2.24) is 14.4 Å². The van der Waals surface area contributed by atoms with Crippen LogP contribution in [0.1, 0.15) is 18.0 Å². The van der Waals surface area contributed by atoms with E-state index in [9.17, 15) is 9.59 Å². The van der Waals surface area contributed by atoms with Crippen LogP contribution in [0.4, 0.5) is 0 Å². The molecule has 1 aromatic heterocycles. The minimum absolute atomic E-state index is 0.107. The van der Waals surface area contributed by atoms with Gasteiger partial charge in [-0.05, 0) is 18.4 Å². The fraction of sp³-hybridized carbons (Fsp3) is 0.647. The summed E-state index contributed by atoms with van der Waals surface area (Å²) in [5.41, 5.74) is 1.24. The van der Waals surface area contributed by atoms with Crippen LogP contribution in [0.3, 0.4) is 0 Å². The normalized spacial score (nSPS) is 27.6. The number of hydrogen-bond donors (Lipinski definition) is 0. The number of ether oxygens (including phenoxy) is 1. The van der Waals surface area contributed by atoms with Crippen molar-refractivity contribution in [2.75, 3.05) is 45.9 Å². The van der Waals surface area contributed by atoms with Gasteiger partial charge in [-0.2, -0.15) is 0 Å². The van der Waals surface area contributed by atoms with E-state index in [0.717, 1.165) is 31.7 Å². The molecule has 2 bridgehead atoms. The minimum atomic E-state index is 0.107. The number of carbonyl (C=O) groups is 1. The lowest BCUT2D eigenvalue weighted by atomic mass is 9.83. The van der Waals surface area contributed by atoms with Crippen molar-refractivity contribution in [1.29, 1.82) is 0 Å². The van der Waals surface area contributed by atoms with Gasteiger partial charge in [0.15, 0.2) is 0 Å². The van der Waals surface area contributed by atoms with Gasteiger partial charge in [-0.3, -0.25) is 14.5 Å². The monoisotopic (exact) mass is 317 g/mol. The Balaban J connectivity index is 1.46. The number of morpholine rings is 1. The Kier molecular flexibility index (Phi) is 3.95. The zero-order chi connectivity index (χ0) is 15.8. The number of carbonyl (C=O) groups excluding carboxylic acids is 1. The summed E-state index contributed by atoms with van der Waals surface area (Å²) in [6.07, 6.45) is 1.13. The van der Waals surface area contributed by atoms with Crippen molar-refractivity contribution in [3.05, 3.63) is 34.2 Å². The molecule has 0 saturated carbocycles. The lowest BCUT2D eigenvalue weighted by Crippen LogP contribution is -2.51. The molecule has 1 aromatic rings. The first-order valence-electron chi connectivity index (χ1n) is 8.48. The standard InChI is InChI=1S/C17H23N3O3/c21-16-3-1-2-15-14-8-13(10-20(15)16)9-18(11-14)12-17(22)19-4-6-23-7-5-19/h1-3,13-14H,4-12H2. The Hall–Kier alpha value is -1.66. The van der Waals surface area contributed by atoms with Crippen molar-refractivity contribution in [3.8, 4) is 0 Å². The number of likely N-dealkylation sites (tertiary alicyclic amines) is 1. The molecule has 0 radical (unpaired) electrons. The minimum Gasteiger partial charge on any atom is -0.378 e. The summed E-state index contributed by atoms with van der Waals surface area (Å²) < 4.78 is 7.24. The number of fused-ring (bicyclic) bond motifs is 4. The molecule has 2 atom stereocenters. The average molecular weight is 317 g/mol. The molecule has 6 heteroatoms. The van der Waals surface area contributed by atoms with Gasteiger partial charge in [0.1, 0.15) is 0 Å². The summed E-state index contributed by atoms with van der Waals surface area (Å²) in [5, 5.41) is 0. The van der Waals surface area contributed by atoms with Crippen LogP contribution in [0.15, 0.2) is 23.0 Å². The van der Waals surface area contributed by atoms with Gasteiger partial charge < -0.3 is 14.2 Å². The zero-order valence-electron chi connectivity index (χ0n) is 13.3. The molecule has 23 heavy (non-hydrogen) atoms. The Morgan fingerprint density at radius 1 is 1.17 bits per heavy atom. The fourth-order valence-electron chi connectivity index (χ4n) is 4.23. The summed E-state index contributed by atoms with van der Waals surface area (Å²) in [6.45, 7) is 5.76. The molecule has 4 heterocycles. The summed E-state index contributed by atoms with van der Waals surface area (Å²) >= 11 is 0. The van der Waals surface area contributed by atoms with Crippen molar-refractivity contribution in [2.24, 2.45) is 5.92 Å². The van der Waals surface area contributed by atoms with Gasteiger partial charge in [-0.15, -0.1) is 0 Å². The lowest BCUT2D eigenvalue weighted by molar-refractivity contribution is -0.137. The highest BCUT2D eigenvalue weighted by Gasteiger charge is 2.35. The number of amides is 1. The van der Waals surface area contributed by atoms with Crippen LogP contribution in [0.25, 0.3) is 0 Å². The molecule has 6 nitrogen and oxygen atoms in total. The number of nitrogens with zero attached hydrogens (tertiary/aromatic N) is 3. The van der Waals surface area contributed by atoms with Crippen molar-refractivity contribution in [3.63, 3.8) is 0 Å². The average Bonchev–Trinajstić information content (AvgIpc) is 2.57. The second-order valence-electron chi connectivity index (χ2n) is 6.89. The van der Waals surface area contributed by atoms with Crippen molar-refractivity contribution in [2.45, 2.75) is 18.9 Å². The van der Waals surface area contributed by atoms with Crippen LogP contribution >= 0.6 is 0 Å². The SMILES string of the molecule is O=C(CN1CC2CC(C1)c1cccc(=O)n1C2)N1CCOCC1. The maximum Gasteiger partial charge on any atom is 0.250 e.